The monoisotopic (exact) mass is 273 g/mol. The summed E-state index contributed by atoms with van der Waals surface area (Å²) >= 11 is 0. The fraction of sp³-hybridized carbons (Fsp3) is 0.357. The molecule has 0 aliphatic rings. The first-order valence-electron chi connectivity index (χ1n) is 6.47. The van der Waals surface area contributed by atoms with Gasteiger partial charge in [-0.05, 0) is 30.7 Å². The van der Waals surface area contributed by atoms with E-state index in [2.05, 4.69) is 15.4 Å². The van der Waals surface area contributed by atoms with Crippen molar-refractivity contribution in [3.8, 4) is 0 Å². The Balaban J connectivity index is 1.95. The zero-order valence-electron chi connectivity index (χ0n) is 11.9. The van der Waals surface area contributed by atoms with Crippen molar-refractivity contribution >= 4 is 11.7 Å². The lowest BCUT2D eigenvalue weighted by Crippen LogP contribution is -2.30. The van der Waals surface area contributed by atoms with E-state index in [0.29, 0.717) is 6.54 Å². The third-order valence-corrected chi connectivity index (χ3v) is 3.04. The van der Waals surface area contributed by atoms with E-state index >= 15 is 0 Å². The Labute approximate surface area is 118 Å². The van der Waals surface area contributed by atoms with E-state index in [1.165, 1.54) is 0 Å². The molecule has 6 nitrogen and oxygen atoms in total. The van der Waals surface area contributed by atoms with Gasteiger partial charge in [-0.2, -0.15) is 5.10 Å². The Hall–Kier alpha value is -2.37. The molecule has 0 radical (unpaired) electrons. The number of carbonyl (C=O) groups is 1. The lowest BCUT2D eigenvalue weighted by Gasteiger charge is -2.14. The zero-order valence-corrected chi connectivity index (χ0v) is 11.9. The Morgan fingerprint density at radius 1 is 1.45 bits per heavy atom. The zero-order chi connectivity index (χ0) is 14.5. The number of hydrogen-bond acceptors (Lipinski definition) is 4. The fourth-order valence-electron chi connectivity index (χ4n) is 1.78. The largest absolute Gasteiger partial charge is 0.363 e. The molecule has 20 heavy (non-hydrogen) atoms. The van der Waals surface area contributed by atoms with Crippen molar-refractivity contribution in [3.63, 3.8) is 0 Å². The van der Waals surface area contributed by atoms with Crippen LogP contribution >= 0.6 is 0 Å². The average molecular weight is 273 g/mol. The first kappa shape index (κ1) is 14.0. The number of nitrogens with zero attached hydrogens (tertiary/aromatic N) is 4. The molecule has 2 heterocycles. The van der Waals surface area contributed by atoms with Crippen LogP contribution in [-0.2, 0) is 11.3 Å². The highest BCUT2D eigenvalue weighted by Gasteiger charge is 2.14. The molecule has 0 aliphatic heterocycles. The SMILES string of the molecule is C[C@@H](C(=O)NCc1ccnc(N(C)C)c1)n1cccn1. The molecule has 0 aliphatic carbocycles. The molecule has 0 saturated carbocycles. The molecule has 2 aromatic heterocycles. The quantitative estimate of drug-likeness (QED) is 0.889. The van der Waals surface area contributed by atoms with E-state index < -0.39 is 0 Å². The van der Waals surface area contributed by atoms with Crippen LogP contribution in [-0.4, -0.2) is 34.8 Å². The summed E-state index contributed by atoms with van der Waals surface area (Å²) in [7, 11) is 3.87. The number of carbonyl (C=O) groups excluding carboxylic acids is 1. The van der Waals surface area contributed by atoms with Gasteiger partial charge in [0.2, 0.25) is 5.91 Å². The molecule has 1 atom stereocenters. The topological polar surface area (TPSA) is 63.1 Å². The molecule has 0 spiro atoms. The molecule has 0 fully saturated rings. The Bertz CT molecular complexity index is 565. The van der Waals surface area contributed by atoms with Gasteiger partial charge >= 0.3 is 0 Å². The standard InChI is InChI=1S/C14H19N5O/c1-11(19-8-4-6-17-19)14(20)16-10-12-5-7-15-13(9-12)18(2)3/h4-9,11H,10H2,1-3H3,(H,16,20)/t11-/m0/s1. The number of pyridine rings is 1. The minimum atomic E-state index is -0.319. The molecule has 106 valence electrons. The van der Waals surface area contributed by atoms with Crippen molar-refractivity contribution in [1.29, 1.82) is 0 Å². The molecule has 2 aromatic rings. The third-order valence-electron chi connectivity index (χ3n) is 3.04. The third kappa shape index (κ3) is 3.34. The predicted molar refractivity (Wildman–Crippen MR) is 77.3 cm³/mol. The second-order valence-corrected chi connectivity index (χ2v) is 4.80. The smallest absolute Gasteiger partial charge is 0.244 e. The Morgan fingerprint density at radius 3 is 2.90 bits per heavy atom. The first-order valence-corrected chi connectivity index (χ1v) is 6.47. The van der Waals surface area contributed by atoms with Crippen LogP contribution in [0.15, 0.2) is 36.8 Å². The molecule has 1 amide bonds. The first-order chi connectivity index (χ1) is 9.58. The van der Waals surface area contributed by atoms with Gasteiger partial charge in [0.25, 0.3) is 0 Å². The summed E-state index contributed by atoms with van der Waals surface area (Å²) < 4.78 is 1.63. The van der Waals surface area contributed by atoms with Crippen LogP contribution in [0.25, 0.3) is 0 Å². The van der Waals surface area contributed by atoms with Gasteiger partial charge in [0.1, 0.15) is 11.9 Å². The number of aromatic nitrogens is 3. The van der Waals surface area contributed by atoms with E-state index in [0.717, 1.165) is 11.4 Å². The second-order valence-electron chi connectivity index (χ2n) is 4.80. The maximum Gasteiger partial charge on any atom is 0.244 e. The van der Waals surface area contributed by atoms with Crippen molar-refractivity contribution < 1.29 is 4.79 Å². The molecular weight excluding hydrogens is 254 g/mol. The van der Waals surface area contributed by atoms with Crippen LogP contribution in [0.1, 0.15) is 18.5 Å². The number of nitrogens with one attached hydrogen (secondary N) is 1. The number of anilines is 1. The van der Waals surface area contributed by atoms with Crippen LogP contribution in [0.2, 0.25) is 0 Å². The highest BCUT2D eigenvalue weighted by atomic mass is 16.2. The molecule has 1 N–H and O–H groups in total. The van der Waals surface area contributed by atoms with Gasteiger partial charge < -0.3 is 10.2 Å². The fourth-order valence-corrected chi connectivity index (χ4v) is 1.78. The van der Waals surface area contributed by atoms with Crippen molar-refractivity contribution in [3.05, 3.63) is 42.4 Å². The van der Waals surface area contributed by atoms with Crippen molar-refractivity contribution in [2.45, 2.75) is 19.5 Å². The van der Waals surface area contributed by atoms with Crippen LogP contribution in [0.4, 0.5) is 5.82 Å². The van der Waals surface area contributed by atoms with Gasteiger partial charge in [0.15, 0.2) is 0 Å². The molecule has 0 unspecified atom stereocenters. The van der Waals surface area contributed by atoms with E-state index in [4.69, 9.17) is 0 Å². The summed E-state index contributed by atoms with van der Waals surface area (Å²) in [4.78, 5) is 18.2. The average Bonchev–Trinajstić information content (AvgIpc) is 2.98. The number of amides is 1. The molecular formula is C14H19N5O. The molecule has 0 bridgehead atoms. The van der Waals surface area contributed by atoms with Gasteiger partial charge in [-0.3, -0.25) is 9.48 Å². The van der Waals surface area contributed by atoms with Gasteiger partial charge in [0, 0.05) is 39.2 Å². The molecule has 2 rings (SSSR count). The summed E-state index contributed by atoms with van der Waals surface area (Å²) in [6.07, 6.45) is 5.19. The van der Waals surface area contributed by atoms with E-state index in [9.17, 15) is 4.79 Å². The van der Waals surface area contributed by atoms with Gasteiger partial charge in [0.05, 0.1) is 0 Å². The minimum absolute atomic E-state index is 0.0584. The van der Waals surface area contributed by atoms with Crippen molar-refractivity contribution in [2.24, 2.45) is 0 Å². The summed E-state index contributed by atoms with van der Waals surface area (Å²) in [6.45, 7) is 2.30. The van der Waals surface area contributed by atoms with Gasteiger partial charge in [-0.25, -0.2) is 4.98 Å². The number of hydrogen-bond donors (Lipinski definition) is 1. The highest BCUT2D eigenvalue weighted by molar-refractivity contribution is 5.79. The van der Waals surface area contributed by atoms with Crippen LogP contribution in [0.5, 0.6) is 0 Å². The van der Waals surface area contributed by atoms with E-state index in [-0.39, 0.29) is 11.9 Å². The van der Waals surface area contributed by atoms with Crippen molar-refractivity contribution in [2.75, 3.05) is 19.0 Å². The second kappa shape index (κ2) is 6.18. The molecule has 0 aromatic carbocycles. The van der Waals surface area contributed by atoms with E-state index in [1.54, 1.807) is 29.3 Å². The summed E-state index contributed by atoms with van der Waals surface area (Å²) in [5.41, 5.74) is 1.02. The number of rotatable bonds is 5. The van der Waals surface area contributed by atoms with E-state index in [1.807, 2.05) is 38.1 Å². The Morgan fingerprint density at radius 2 is 2.25 bits per heavy atom. The predicted octanol–water partition coefficient (Wildman–Crippen LogP) is 1.22. The van der Waals surface area contributed by atoms with Crippen LogP contribution in [0, 0.1) is 0 Å². The molecule has 6 heteroatoms. The maximum absolute atomic E-state index is 12.0. The van der Waals surface area contributed by atoms with Gasteiger partial charge in [-0.15, -0.1) is 0 Å². The highest BCUT2D eigenvalue weighted by Crippen LogP contribution is 2.10. The summed E-state index contributed by atoms with van der Waals surface area (Å²) in [5, 5.41) is 6.98. The molecule has 0 saturated heterocycles. The van der Waals surface area contributed by atoms with Crippen LogP contribution in [0.3, 0.4) is 0 Å². The van der Waals surface area contributed by atoms with Gasteiger partial charge in [-0.1, -0.05) is 0 Å². The lowest BCUT2D eigenvalue weighted by atomic mass is 10.2. The van der Waals surface area contributed by atoms with Crippen LogP contribution < -0.4 is 10.2 Å². The maximum atomic E-state index is 12.0. The minimum Gasteiger partial charge on any atom is -0.363 e. The lowest BCUT2D eigenvalue weighted by molar-refractivity contribution is -0.124. The summed E-state index contributed by atoms with van der Waals surface area (Å²) in [6, 6.07) is 5.33. The van der Waals surface area contributed by atoms with Crippen molar-refractivity contribution in [1.82, 2.24) is 20.1 Å². The normalized spacial score (nSPS) is 11.9. The summed E-state index contributed by atoms with van der Waals surface area (Å²) in [5.74, 6) is 0.814. The Kier molecular flexibility index (Phi) is 4.34.